The van der Waals surface area contributed by atoms with E-state index in [2.05, 4.69) is 26.3 Å². The van der Waals surface area contributed by atoms with Crippen LogP contribution in [0.5, 0.6) is 0 Å². The molecule has 0 bridgehead atoms. The van der Waals surface area contributed by atoms with Crippen molar-refractivity contribution in [2.45, 2.75) is 19.9 Å². The molecular weight excluding hydrogens is 349 g/mol. The van der Waals surface area contributed by atoms with E-state index in [1.807, 2.05) is 36.9 Å². The second kappa shape index (κ2) is 6.16. The molecule has 0 aliphatic carbocycles. The summed E-state index contributed by atoms with van der Waals surface area (Å²) in [4.78, 5) is 0. The molecule has 0 atom stereocenters. The van der Waals surface area contributed by atoms with Crippen molar-refractivity contribution in [2.24, 2.45) is 7.05 Å². The molecule has 0 aliphatic heterocycles. The molecule has 2 rings (SSSR count). The first-order valence-electron chi connectivity index (χ1n) is 5.92. The molecule has 0 unspecified atom stereocenters. The highest BCUT2D eigenvalue weighted by Crippen LogP contribution is 2.27. The van der Waals surface area contributed by atoms with Gasteiger partial charge < -0.3 is 5.32 Å². The second-order valence-corrected chi connectivity index (χ2v) is 5.81. The Morgan fingerprint density at radius 1 is 1.37 bits per heavy atom. The monoisotopic (exact) mass is 361 g/mol. The Morgan fingerprint density at radius 2 is 2.11 bits per heavy atom. The quantitative estimate of drug-likeness (QED) is 0.856. The van der Waals surface area contributed by atoms with Crippen molar-refractivity contribution in [2.75, 3.05) is 5.32 Å². The predicted octanol–water partition coefficient (Wildman–Crippen LogP) is 4.66. The smallest absolute Gasteiger partial charge is 0.0868 e. The first-order chi connectivity index (χ1) is 9.02. The van der Waals surface area contributed by atoms with Crippen molar-refractivity contribution in [3.63, 3.8) is 0 Å². The molecule has 3 nitrogen and oxygen atoms in total. The highest BCUT2D eigenvalue weighted by Gasteiger charge is 2.12. The predicted molar refractivity (Wildman–Crippen MR) is 84.1 cm³/mol. The largest absolute Gasteiger partial charge is 0.379 e. The van der Waals surface area contributed by atoms with Gasteiger partial charge in [-0.25, -0.2) is 0 Å². The van der Waals surface area contributed by atoms with Gasteiger partial charge in [0.2, 0.25) is 0 Å². The van der Waals surface area contributed by atoms with Crippen LogP contribution in [0.4, 0.5) is 5.69 Å². The minimum atomic E-state index is 0.611. The van der Waals surface area contributed by atoms with E-state index in [0.717, 1.165) is 33.0 Å². The van der Waals surface area contributed by atoms with Crippen LogP contribution in [0.2, 0.25) is 10.0 Å². The maximum atomic E-state index is 6.30. The molecule has 1 N–H and O–H groups in total. The van der Waals surface area contributed by atoms with Crippen LogP contribution in [0.25, 0.3) is 0 Å². The fourth-order valence-corrected chi connectivity index (χ4v) is 2.59. The van der Waals surface area contributed by atoms with Gasteiger partial charge in [0, 0.05) is 17.2 Å². The summed E-state index contributed by atoms with van der Waals surface area (Å²) in [5, 5.41) is 9.09. The molecule has 0 aliphatic rings. The molecule has 102 valence electrons. The molecular formula is C13H14BrCl2N3. The first-order valence-corrected chi connectivity index (χ1v) is 7.47. The highest BCUT2D eigenvalue weighted by molar-refractivity contribution is 9.10. The van der Waals surface area contributed by atoms with Gasteiger partial charge in [-0.05, 0) is 40.5 Å². The first kappa shape index (κ1) is 14.7. The molecule has 1 aromatic heterocycles. The lowest BCUT2D eigenvalue weighted by Crippen LogP contribution is -2.05. The van der Waals surface area contributed by atoms with Crippen LogP contribution in [0.1, 0.15) is 18.3 Å². The van der Waals surface area contributed by atoms with Gasteiger partial charge >= 0.3 is 0 Å². The van der Waals surface area contributed by atoms with Gasteiger partial charge in [-0.2, -0.15) is 5.10 Å². The van der Waals surface area contributed by atoms with Crippen LogP contribution in [-0.2, 0) is 20.0 Å². The summed E-state index contributed by atoms with van der Waals surface area (Å²) < 4.78 is 2.70. The van der Waals surface area contributed by atoms with Crippen LogP contribution in [-0.4, -0.2) is 9.78 Å². The zero-order valence-electron chi connectivity index (χ0n) is 10.7. The number of rotatable bonds is 4. The second-order valence-electron chi connectivity index (χ2n) is 4.17. The number of aromatic nitrogens is 2. The summed E-state index contributed by atoms with van der Waals surface area (Å²) in [6.07, 6.45) is 0.830. The number of anilines is 1. The lowest BCUT2D eigenvalue weighted by molar-refractivity contribution is 0.707. The normalized spacial score (nSPS) is 10.8. The Labute approximate surface area is 131 Å². The number of benzene rings is 1. The number of nitrogens with zero attached hydrogens (tertiary/aromatic N) is 2. The average molecular weight is 363 g/mol. The molecule has 0 spiro atoms. The maximum Gasteiger partial charge on any atom is 0.0868 e. The molecule has 0 amide bonds. The van der Waals surface area contributed by atoms with Crippen LogP contribution in [0, 0.1) is 0 Å². The van der Waals surface area contributed by atoms with E-state index < -0.39 is 0 Å². The van der Waals surface area contributed by atoms with Crippen LogP contribution in [0.3, 0.4) is 0 Å². The topological polar surface area (TPSA) is 29.9 Å². The molecule has 0 saturated heterocycles. The van der Waals surface area contributed by atoms with Gasteiger partial charge in [0.25, 0.3) is 0 Å². The standard InChI is InChI=1S/C13H14BrCl2N3/c1-3-11-13(16)12(19(2)18-11)7-17-8-4-5-9(14)10(15)6-8/h4-6,17H,3,7H2,1-2H3. The van der Waals surface area contributed by atoms with Crippen molar-refractivity contribution in [1.29, 1.82) is 0 Å². The van der Waals surface area contributed by atoms with Gasteiger partial charge in [0.05, 0.1) is 28.0 Å². The zero-order chi connectivity index (χ0) is 14.0. The van der Waals surface area contributed by atoms with E-state index in [-0.39, 0.29) is 0 Å². The average Bonchev–Trinajstić information content (AvgIpc) is 2.66. The van der Waals surface area contributed by atoms with Crippen molar-refractivity contribution in [1.82, 2.24) is 9.78 Å². The third-order valence-corrected chi connectivity index (χ3v) is 4.55. The summed E-state index contributed by atoms with van der Waals surface area (Å²) in [5.41, 5.74) is 2.84. The van der Waals surface area contributed by atoms with E-state index in [4.69, 9.17) is 23.2 Å². The van der Waals surface area contributed by atoms with Gasteiger partial charge in [0.1, 0.15) is 0 Å². The zero-order valence-corrected chi connectivity index (χ0v) is 13.8. The molecule has 1 aromatic carbocycles. The summed E-state index contributed by atoms with van der Waals surface area (Å²) in [5.74, 6) is 0. The Bertz CT molecular complexity index is 596. The van der Waals surface area contributed by atoms with Gasteiger partial charge in [-0.15, -0.1) is 0 Å². The van der Waals surface area contributed by atoms with Gasteiger partial charge in [-0.3, -0.25) is 4.68 Å². The summed E-state index contributed by atoms with van der Waals surface area (Å²) in [7, 11) is 1.90. The molecule has 2 aromatic rings. The van der Waals surface area contributed by atoms with E-state index in [1.54, 1.807) is 0 Å². The van der Waals surface area contributed by atoms with E-state index in [9.17, 15) is 0 Å². The van der Waals surface area contributed by atoms with Crippen molar-refractivity contribution >= 4 is 44.8 Å². The molecule has 0 fully saturated rings. The Kier molecular flexibility index (Phi) is 4.76. The van der Waals surface area contributed by atoms with E-state index in [0.29, 0.717) is 11.6 Å². The molecule has 19 heavy (non-hydrogen) atoms. The molecule has 6 heteroatoms. The minimum absolute atomic E-state index is 0.611. The van der Waals surface area contributed by atoms with Crippen LogP contribution < -0.4 is 5.32 Å². The lowest BCUT2D eigenvalue weighted by atomic mass is 10.3. The van der Waals surface area contributed by atoms with Crippen LogP contribution >= 0.6 is 39.1 Å². The Balaban J connectivity index is 2.14. The maximum absolute atomic E-state index is 6.30. The van der Waals surface area contributed by atoms with Gasteiger partial charge in [-0.1, -0.05) is 30.1 Å². The van der Waals surface area contributed by atoms with Crippen molar-refractivity contribution in [3.05, 3.63) is 44.1 Å². The van der Waals surface area contributed by atoms with Crippen LogP contribution in [0.15, 0.2) is 22.7 Å². The number of nitrogens with one attached hydrogen (secondary N) is 1. The Hall–Kier alpha value is -0.710. The lowest BCUT2D eigenvalue weighted by Gasteiger charge is -2.08. The number of hydrogen-bond acceptors (Lipinski definition) is 2. The fourth-order valence-electron chi connectivity index (χ4n) is 1.80. The summed E-state index contributed by atoms with van der Waals surface area (Å²) in [6.45, 7) is 2.65. The Morgan fingerprint density at radius 3 is 2.68 bits per heavy atom. The minimum Gasteiger partial charge on any atom is -0.379 e. The van der Waals surface area contributed by atoms with Crippen molar-refractivity contribution < 1.29 is 0 Å². The third kappa shape index (κ3) is 3.25. The SMILES string of the molecule is CCc1nn(C)c(CNc2ccc(Br)c(Cl)c2)c1Cl. The fraction of sp³-hybridized carbons (Fsp3) is 0.308. The molecule has 0 radical (unpaired) electrons. The van der Waals surface area contributed by atoms with E-state index >= 15 is 0 Å². The summed E-state index contributed by atoms with van der Waals surface area (Å²) in [6, 6.07) is 5.74. The molecule has 1 heterocycles. The highest BCUT2D eigenvalue weighted by atomic mass is 79.9. The van der Waals surface area contributed by atoms with Gasteiger partial charge in [0.15, 0.2) is 0 Å². The summed E-state index contributed by atoms with van der Waals surface area (Å²) >= 11 is 15.7. The number of hydrogen-bond donors (Lipinski definition) is 1. The third-order valence-electron chi connectivity index (χ3n) is 2.88. The van der Waals surface area contributed by atoms with Crippen molar-refractivity contribution in [3.8, 4) is 0 Å². The molecule has 0 saturated carbocycles. The number of aryl methyl sites for hydroxylation is 2. The number of halogens is 3. The van der Waals surface area contributed by atoms with E-state index in [1.165, 1.54) is 0 Å².